The number of benzene rings is 2. The van der Waals surface area contributed by atoms with E-state index in [-0.39, 0.29) is 18.8 Å². The zero-order valence-electron chi connectivity index (χ0n) is 25.4. The number of aliphatic hydroxyl groups is 3. The lowest BCUT2D eigenvalue weighted by atomic mass is 9.88. The molecule has 250 valence electrons. The van der Waals surface area contributed by atoms with Crippen LogP contribution in [0.5, 0.6) is 0 Å². The lowest BCUT2D eigenvalue weighted by Gasteiger charge is -2.46. The Morgan fingerprint density at radius 3 is 2.39 bits per heavy atom. The molecule has 2 heterocycles. The first kappa shape index (κ1) is 35.1. The Bertz CT molecular complexity index is 1570. The van der Waals surface area contributed by atoms with Gasteiger partial charge in [-0.1, -0.05) is 59.8 Å². The highest BCUT2D eigenvalue weighted by Crippen LogP contribution is 2.34. The van der Waals surface area contributed by atoms with Gasteiger partial charge in [-0.15, -0.1) is 5.10 Å². The number of aliphatic carboxylic acids is 1. The molecular weight excluding hydrogens is 622 g/mol. The van der Waals surface area contributed by atoms with Gasteiger partial charge in [0.25, 0.3) is 5.79 Å². The third-order valence-electron chi connectivity index (χ3n) is 7.59. The van der Waals surface area contributed by atoms with E-state index < -0.39 is 71.1 Å². The number of hydrogen-bond donors (Lipinski definition) is 6. The van der Waals surface area contributed by atoms with Crippen LogP contribution in [0.1, 0.15) is 26.7 Å². The van der Waals surface area contributed by atoms with Gasteiger partial charge in [0.1, 0.15) is 17.9 Å². The van der Waals surface area contributed by atoms with Crippen LogP contribution in [0.15, 0.2) is 60.8 Å². The Morgan fingerprint density at radius 2 is 1.76 bits per heavy atom. The molecular formula is C30H39N5O10S. The average molecular weight is 662 g/mol. The van der Waals surface area contributed by atoms with Gasteiger partial charge >= 0.3 is 5.97 Å². The van der Waals surface area contributed by atoms with Gasteiger partial charge in [0.2, 0.25) is 15.9 Å². The van der Waals surface area contributed by atoms with Gasteiger partial charge in [-0.05, 0) is 24.5 Å². The molecule has 1 aliphatic rings. The predicted octanol–water partition coefficient (Wildman–Crippen LogP) is 0.115. The normalized spacial score (nSPS) is 23.0. The van der Waals surface area contributed by atoms with Gasteiger partial charge < -0.3 is 35.2 Å². The van der Waals surface area contributed by atoms with Gasteiger partial charge in [-0.25, -0.2) is 17.9 Å². The maximum absolute atomic E-state index is 12.4. The van der Waals surface area contributed by atoms with Gasteiger partial charge in [0.15, 0.2) is 0 Å². The highest BCUT2D eigenvalue weighted by atomic mass is 32.2. The molecule has 6 atom stereocenters. The summed E-state index contributed by atoms with van der Waals surface area (Å²) in [6.45, 7) is 2.02. The summed E-state index contributed by atoms with van der Waals surface area (Å²) in [6, 6.07) is 16.5. The maximum atomic E-state index is 12.4. The van der Waals surface area contributed by atoms with Crippen molar-refractivity contribution in [2.24, 2.45) is 0 Å². The van der Waals surface area contributed by atoms with E-state index in [9.17, 15) is 38.4 Å². The SMILES string of the molecule is CCS(=O)(=O)NC[C@@H](O)[C@@H](O)[C@@H]1O[C@@](OCCCn2cc(-c3ccc(-c4ccccc4)cc3)nn2)(C(=O)O)C[C@H](O)[C@H]1NC(C)=O. The minimum Gasteiger partial charge on any atom is -0.477 e. The summed E-state index contributed by atoms with van der Waals surface area (Å²) in [6.07, 6.45) is -5.58. The third-order valence-corrected chi connectivity index (χ3v) is 8.95. The fraction of sp³-hybridized carbons (Fsp3) is 0.467. The topological polar surface area (TPSA) is 222 Å². The second kappa shape index (κ2) is 15.2. The number of aryl methyl sites for hydroxylation is 1. The molecule has 0 aliphatic carbocycles. The van der Waals surface area contributed by atoms with Crippen LogP contribution < -0.4 is 10.0 Å². The lowest BCUT2D eigenvalue weighted by Crippen LogP contribution is -2.68. The number of sulfonamides is 1. The number of carbonyl (C=O) groups is 2. The smallest absolute Gasteiger partial charge is 0.364 e. The molecule has 1 aliphatic heterocycles. The van der Waals surface area contributed by atoms with E-state index in [0.29, 0.717) is 12.2 Å². The highest BCUT2D eigenvalue weighted by Gasteiger charge is 2.55. The number of nitrogens with one attached hydrogen (secondary N) is 2. The van der Waals surface area contributed by atoms with E-state index in [2.05, 4.69) is 20.4 Å². The minimum absolute atomic E-state index is 0.174. The number of aromatic nitrogens is 3. The van der Waals surface area contributed by atoms with Crippen LogP contribution in [-0.4, -0.2) is 111 Å². The number of aliphatic hydroxyl groups excluding tert-OH is 3. The first-order chi connectivity index (χ1) is 21.8. The van der Waals surface area contributed by atoms with E-state index in [1.165, 1.54) is 6.92 Å². The van der Waals surface area contributed by atoms with E-state index in [4.69, 9.17) is 9.47 Å². The number of ether oxygens (including phenoxy) is 2. The Morgan fingerprint density at radius 1 is 1.11 bits per heavy atom. The van der Waals surface area contributed by atoms with E-state index in [1.807, 2.05) is 54.6 Å². The molecule has 0 radical (unpaired) electrons. The van der Waals surface area contributed by atoms with Crippen LogP contribution in [-0.2, 0) is 35.6 Å². The summed E-state index contributed by atoms with van der Waals surface area (Å²) in [5.41, 5.74) is 3.65. The molecule has 0 saturated carbocycles. The number of hydrogen-bond acceptors (Lipinski definition) is 11. The highest BCUT2D eigenvalue weighted by molar-refractivity contribution is 7.89. The summed E-state index contributed by atoms with van der Waals surface area (Å²) >= 11 is 0. The van der Waals surface area contributed by atoms with Crippen LogP contribution in [0.25, 0.3) is 22.4 Å². The second-order valence-electron chi connectivity index (χ2n) is 11.0. The first-order valence-corrected chi connectivity index (χ1v) is 16.4. The zero-order chi connectivity index (χ0) is 33.5. The Labute approximate surface area is 266 Å². The molecule has 1 aromatic heterocycles. The maximum Gasteiger partial charge on any atom is 0.364 e. The third kappa shape index (κ3) is 8.73. The summed E-state index contributed by atoms with van der Waals surface area (Å²) in [4.78, 5) is 24.2. The fourth-order valence-electron chi connectivity index (χ4n) is 5.07. The fourth-order valence-corrected chi connectivity index (χ4v) is 5.70. The van der Waals surface area contributed by atoms with Crippen molar-refractivity contribution in [3.05, 3.63) is 60.8 Å². The van der Waals surface area contributed by atoms with Crippen molar-refractivity contribution in [3.63, 3.8) is 0 Å². The van der Waals surface area contributed by atoms with Crippen molar-refractivity contribution in [3.8, 4) is 22.4 Å². The average Bonchev–Trinajstić information content (AvgIpc) is 3.52. The molecule has 15 nitrogen and oxygen atoms in total. The Kier molecular flexibility index (Phi) is 11.6. The quantitative estimate of drug-likeness (QED) is 0.120. The molecule has 0 spiro atoms. The van der Waals surface area contributed by atoms with Gasteiger partial charge in [0, 0.05) is 32.0 Å². The molecule has 6 N–H and O–H groups in total. The predicted molar refractivity (Wildman–Crippen MR) is 164 cm³/mol. The molecule has 3 aromatic rings. The number of carboxylic acids is 1. The monoisotopic (exact) mass is 661 g/mol. The molecule has 4 rings (SSSR count). The zero-order valence-corrected chi connectivity index (χ0v) is 26.2. The second-order valence-corrected chi connectivity index (χ2v) is 13.1. The van der Waals surface area contributed by atoms with Crippen molar-refractivity contribution < 1.29 is 47.9 Å². The molecule has 1 saturated heterocycles. The van der Waals surface area contributed by atoms with Crippen molar-refractivity contribution in [1.82, 2.24) is 25.0 Å². The van der Waals surface area contributed by atoms with E-state index in [1.54, 1.807) is 10.9 Å². The van der Waals surface area contributed by atoms with Crippen LogP contribution in [0, 0.1) is 0 Å². The molecule has 1 fully saturated rings. The van der Waals surface area contributed by atoms with Crippen LogP contribution >= 0.6 is 0 Å². The summed E-state index contributed by atoms with van der Waals surface area (Å²) in [7, 11) is -3.73. The molecule has 1 amide bonds. The van der Waals surface area contributed by atoms with Crippen LogP contribution in [0.4, 0.5) is 0 Å². The van der Waals surface area contributed by atoms with Crippen LogP contribution in [0.3, 0.4) is 0 Å². The number of carbonyl (C=O) groups excluding carboxylic acids is 1. The number of carboxylic acid groups (broad SMARTS) is 1. The van der Waals surface area contributed by atoms with Crippen molar-refractivity contribution >= 4 is 21.9 Å². The van der Waals surface area contributed by atoms with E-state index in [0.717, 1.165) is 23.6 Å². The molecule has 46 heavy (non-hydrogen) atoms. The van der Waals surface area contributed by atoms with E-state index >= 15 is 0 Å². The van der Waals surface area contributed by atoms with Crippen molar-refractivity contribution in [2.75, 3.05) is 18.9 Å². The largest absolute Gasteiger partial charge is 0.477 e. The Hall–Kier alpha value is -3.77. The Balaban J connectivity index is 1.40. The number of nitrogens with zero attached hydrogens (tertiary/aromatic N) is 3. The first-order valence-electron chi connectivity index (χ1n) is 14.7. The molecule has 16 heteroatoms. The van der Waals surface area contributed by atoms with Gasteiger partial charge in [0.05, 0.1) is 36.8 Å². The summed E-state index contributed by atoms with van der Waals surface area (Å²) < 4.78 is 38.6. The lowest BCUT2D eigenvalue weighted by molar-refractivity contribution is -0.310. The minimum atomic E-state index is -3.73. The molecule has 0 unspecified atom stereocenters. The van der Waals surface area contributed by atoms with Gasteiger partial charge in [-0.3, -0.25) is 9.48 Å². The summed E-state index contributed by atoms with van der Waals surface area (Å²) in [5, 5.41) is 53.1. The number of amides is 1. The van der Waals surface area contributed by atoms with Crippen LogP contribution in [0.2, 0.25) is 0 Å². The summed E-state index contributed by atoms with van der Waals surface area (Å²) in [5.74, 6) is -4.95. The standard InChI is InChI=1S/C30H39N5O10S/c1-3-46(42,43)31-17-25(38)27(39)28-26(32-19(2)36)24(37)16-30(45-28,29(40)41)44-15-7-14-35-18-23(33-34-35)22-12-10-21(11-13-22)20-8-5-4-6-9-20/h4-6,8-13,18,24-28,31,37-39H,3,7,14-17H2,1-2H3,(H,32,36)(H,40,41)/t24-,25+,26+,27+,28+,30+/m0/s1. The van der Waals surface area contributed by atoms with Gasteiger partial charge in [-0.2, -0.15) is 0 Å². The van der Waals surface area contributed by atoms with Crippen molar-refractivity contribution in [2.45, 2.75) is 69.5 Å². The molecule has 2 aromatic carbocycles. The van der Waals surface area contributed by atoms with Crippen molar-refractivity contribution in [1.29, 1.82) is 0 Å². The molecule has 0 bridgehead atoms. The number of rotatable bonds is 15.